The molecular formula is C17H25N3O2. The molecule has 1 heterocycles. The molecule has 0 saturated heterocycles. The van der Waals surface area contributed by atoms with Gasteiger partial charge in [-0.05, 0) is 40.2 Å². The molecule has 0 aromatic heterocycles. The van der Waals surface area contributed by atoms with Crippen LogP contribution in [0.4, 0.5) is 4.79 Å². The van der Waals surface area contributed by atoms with Gasteiger partial charge in [-0.15, -0.1) is 0 Å². The molecule has 5 heteroatoms. The van der Waals surface area contributed by atoms with E-state index in [9.17, 15) is 4.79 Å². The van der Waals surface area contributed by atoms with Gasteiger partial charge in [0.05, 0.1) is 12.1 Å². The van der Waals surface area contributed by atoms with Crippen LogP contribution in [0.2, 0.25) is 0 Å². The molecule has 0 aliphatic carbocycles. The first kappa shape index (κ1) is 16.3. The molecule has 22 heavy (non-hydrogen) atoms. The highest BCUT2D eigenvalue weighted by Crippen LogP contribution is 2.14. The van der Waals surface area contributed by atoms with E-state index in [4.69, 9.17) is 4.74 Å². The van der Waals surface area contributed by atoms with E-state index in [1.807, 2.05) is 45.0 Å². The standard InChI is InChI=1S/C17H25N3O2/c1-16(2,3)22-15(21)18-10-12-6-8-13(9-7-12)14-19-11-17(4,5)20-14/h6-9H,10-11H2,1-5H3,(H,18,21)(H,19,20). The predicted octanol–water partition coefficient (Wildman–Crippen LogP) is 2.84. The van der Waals surface area contributed by atoms with Crippen LogP contribution >= 0.6 is 0 Å². The largest absolute Gasteiger partial charge is 0.444 e. The SMILES string of the molecule is CC1(C)CN=C(c2ccc(CNC(=O)OC(C)(C)C)cc2)N1. The van der Waals surface area contributed by atoms with E-state index in [2.05, 4.69) is 29.5 Å². The highest BCUT2D eigenvalue weighted by Gasteiger charge is 2.25. The Morgan fingerprint density at radius 1 is 1.32 bits per heavy atom. The number of carbonyl (C=O) groups excluding carboxylic acids is 1. The van der Waals surface area contributed by atoms with Gasteiger partial charge in [-0.2, -0.15) is 0 Å². The van der Waals surface area contributed by atoms with Gasteiger partial charge in [0.15, 0.2) is 0 Å². The average Bonchev–Trinajstić information content (AvgIpc) is 2.75. The van der Waals surface area contributed by atoms with Crippen molar-refractivity contribution < 1.29 is 9.53 Å². The van der Waals surface area contributed by atoms with Gasteiger partial charge in [-0.25, -0.2) is 4.79 Å². The first-order valence-electron chi connectivity index (χ1n) is 7.53. The second kappa shape index (κ2) is 5.99. The number of nitrogens with zero attached hydrogens (tertiary/aromatic N) is 1. The molecule has 2 rings (SSSR count). The summed E-state index contributed by atoms with van der Waals surface area (Å²) < 4.78 is 5.21. The van der Waals surface area contributed by atoms with Crippen molar-refractivity contribution in [1.29, 1.82) is 0 Å². The highest BCUT2D eigenvalue weighted by atomic mass is 16.6. The Labute approximate surface area is 132 Å². The smallest absolute Gasteiger partial charge is 0.407 e. The second-order valence-electron chi connectivity index (χ2n) is 7.23. The molecule has 1 aromatic rings. The van der Waals surface area contributed by atoms with E-state index in [0.717, 1.165) is 23.5 Å². The molecule has 0 saturated carbocycles. The zero-order valence-electron chi connectivity index (χ0n) is 14.0. The number of benzene rings is 1. The number of nitrogens with one attached hydrogen (secondary N) is 2. The molecule has 1 aliphatic heterocycles. The quantitative estimate of drug-likeness (QED) is 0.902. The van der Waals surface area contributed by atoms with Crippen molar-refractivity contribution >= 4 is 11.9 Å². The van der Waals surface area contributed by atoms with E-state index < -0.39 is 11.7 Å². The maximum Gasteiger partial charge on any atom is 0.407 e. The van der Waals surface area contributed by atoms with E-state index in [1.165, 1.54) is 0 Å². The molecular weight excluding hydrogens is 278 g/mol. The minimum absolute atomic E-state index is 0.0201. The summed E-state index contributed by atoms with van der Waals surface area (Å²) in [5.41, 5.74) is 1.62. The zero-order chi connectivity index (χ0) is 16.4. The van der Waals surface area contributed by atoms with Crippen LogP contribution < -0.4 is 10.6 Å². The Bertz CT molecular complexity index is 569. The lowest BCUT2D eigenvalue weighted by Gasteiger charge is -2.20. The summed E-state index contributed by atoms with van der Waals surface area (Å²) in [5, 5.41) is 6.15. The van der Waals surface area contributed by atoms with Crippen molar-refractivity contribution in [3.05, 3.63) is 35.4 Å². The minimum Gasteiger partial charge on any atom is -0.444 e. The molecule has 120 valence electrons. The third-order valence-electron chi connectivity index (χ3n) is 3.15. The van der Waals surface area contributed by atoms with Crippen LogP contribution in [0.3, 0.4) is 0 Å². The number of amides is 1. The minimum atomic E-state index is -0.479. The van der Waals surface area contributed by atoms with Crippen LogP contribution in [0.1, 0.15) is 45.7 Å². The summed E-state index contributed by atoms with van der Waals surface area (Å²) >= 11 is 0. The Balaban J connectivity index is 1.89. The molecule has 1 aliphatic rings. The van der Waals surface area contributed by atoms with Crippen molar-refractivity contribution in [2.75, 3.05) is 6.54 Å². The topological polar surface area (TPSA) is 62.7 Å². The van der Waals surface area contributed by atoms with Crippen molar-refractivity contribution in [3.8, 4) is 0 Å². The normalized spacial score (nSPS) is 16.7. The van der Waals surface area contributed by atoms with Gasteiger partial charge in [-0.3, -0.25) is 4.99 Å². The first-order chi connectivity index (χ1) is 10.1. The number of rotatable bonds is 3. The zero-order valence-corrected chi connectivity index (χ0v) is 14.0. The number of amidine groups is 1. The van der Waals surface area contributed by atoms with Gasteiger partial charge in [-0.1, -0.05) is 24.3 Å². The summed E-state index contributed by atoms with van der Waals surface area (Å²) in [5.74, 6) is 0.927. The maximum absolute atomic E-state index is 11.6. The van der Waals surface area contributed by atoms with E-state index >= 15 is 0 Å². The Morgan fingerprint density at radius 2 is 1.95 bits per heavy atom. The monoisotopic (exact) mass is 303 g/mol. The third kappa shape index (κ3) is 4.76. The summed E-state index contributed by atoms with van der Waals surface area (Å²) in [7, 11) is 0. The van der Waals surface area contributed by atoms with Crippen LogP contribution in [-0.4, -0.2) is 29.6 Å². The maximum atomic E-state index is 11.6. The van der Waals surface area contributed by atoms with Crippen molar-refractivity contribution in [3.63, 3.8) is 0 Å². The predicted molar refractivity (Wildman–Crippen MR) is 88.1 cm³/mol. The third-order valence-corrected chi connectivity index (χ3v) is 3.15. The summed E-state index contributed by atoms with van der Waals surface area (Å²) in [6.07, 6.45) is -0.403. The molecule has 1 amide bonds. The molecule has 0 fully saturated rings. The second-order valence-corrected chi connectivity index (χ2v) is 7.23. The van der Waals surface area contributed by atoms with Crippen LogP contribution in [-0.2, 0) is 11.3 Å². The number of hydrogen-bond donors (Lipinski definition) is 2. The van der Waals surface area contributed by atoms with Crippen LogP contribution in [0.15, 0.2) is 29.3 Å². The molecule has 0 bridgehead atoms. The number of aliphatic imine (C=N–C) groups is 1. The molecule has 0 spiro atoms. The van der Waals surface area contributed by atoms with E-state index in [0.29, 0.717) is 6.54 Å². The van der Waals surface area contributed by atoms with E-state index in [1.54, 1.807) is 0 Å². The lowest BCUT2D eigenvalue weighted by atomic mass is 10.1. The van der Waals surface area contributed by atoms with Crippen LogP contribution in [0.25, 0.3) is 0 Å². The molecule has 5 nitrogen and oxygen atoms in total. The molecule has 2 N–H and O–H groups in total. The van der Waals surface area contributed by atoms with Gasteiger partial charge in [0.1, 0.15) is 11.4 Å². The first-order valence-corrected chi connectivity index (χ1v) is 7.53. The van der Waals surface area contributed by atoms with Crippen molar-refractivity contribution in [1.82, 2.24) is 10.6 Å². The van der Waals surface area contributed by atoms with Gasteiger partial charge in [0.25, 0.3) is 0 Å². The van der Waals surface area contributed by atoms with Crippen molar-refractivity contribution in [2.45, 2.75) is 52.3 Å². The fraction of sp³-hybridized carbons (Fsp3) is 0.529. The van der Waals surface area contributed by atoms with Crippen molar-refractivity contribution in [2.24, 2.45) is 4.99 Å². The molecule has 1 aromatic carbocycles. The fourth-order valence-electron chi connectivity index (χ4n) is 2.11. The van der Waals surface area contributed by atoms with Gasteiger partial charge >= 0.3 is 6.09 Å². The number of ether oxygens (including phenoxy) is 1. The number of hydrogen-bond acceptors (Lipinski definition) is 4. The number of alkyl carbamates (subject to hydrolysis) is 1. The molecule has 0 atom stereocenters. The Hall–Kier alpha value is -2.04. The average molecular weight is 303 g/mol. The number of carbonyl (C=O) groups is 1. The summed E-state index contributed by atoms with van der Waals surface area (Å²) in [6.45, 7) is 11.0. The Morgan fingerprint density at radius 3 is 2.45 bits per heavy atom. The van der Waals surface area contributed by atoms with E-state index in [-0.39, 0.29) is 5.54 Å². The van der Waals surface area contributed by atoms with Gasteiger partial charge in [0.2, 0.25) is 0 Å². The highest BCUT2D eigenvalue weighted by molar-refractivity contribution is 6.00. The summed E-state index contributed by atoms with van der Waals surface area (Å²) in [4.78, 5) is 16.1. The molecule has 0 unspecified atom stereocenters. The lowest BCUT2D eigenvalue weighted by Crippen LogP contribution is -2.39. The fourth-order valence-corrected chi connectivity index (χ4v) is 2.11. The van der Waals surface area contributed by atoms with Gasteiger partial charge < -0.3 is 15.4 Å². The summed E-state index contributed by atoms with van der Waals surface area (Å²) in [6, 6.07) is 8.00. The Kier molecular flexibility index (Phi) is 4.44. The van der Waals surface area contributed by atoms with Gasteiger partial charge in [0, 0.05) is 12.1 Å². The van der Waals surface area contributed by atoms with Crippen LogP contribution in [0, 0.1) is 0 Å². The van der Waals surface area contributed by atoms with Crippen LogP contribution in [0.5, 0.6) is 0 Å². The molecule has 0 radical (unpaired) electrons. The lowest BCUT2D eigenvalue weighted by molar-refractivity contribution is 0.0523.